The number of halogens is 2. The van der Waals surface area contributed by atoms with Gasteiger partial charge in [0.25, 0.3) is 5.91 Å². The van der Waals surface area contributed by atoms with Gasteiger partial charge in [-0.15, -0.1) is 0 Å². The van der Waals surface area contributed by atoms with Crippen LogP contribution in [0.2, 0.25) is 0 Å². The quantitative estimate of drug-likeness (QED) is 0.338. The molecule has 210 valence electrons. The van der Waals surface area contributed by atoms with Gasteiger partial charge < -0.3 is 15.2 Å². The fourth-order valence-electron chi connectivity index (χ4n) is 5.29. The number of hydrogen-bond donors (Lipinski definition) is 2. The molecule has 2 N–H and O–H groups in total. The molecule has 4 aromatic rings. The fraction of sp³-hybridized carbons (Fsp3) is 0.300. The van der Waals surface area contributed by atoms with E-state index in [1.165, 1.54) is 12.1 Å². The minimum absolute atomic E-state index is 0.00170. The molecule has 2 aromatic heterocycles. The lowest BCUT2D eigenvalue weighted by Crippen LogP contribution is -2.57. The van der Waals surface area contributed by atoms with Crippen molar-refractivity contribution in [1.29, 1.82) is 0 Å². The molecule has 1 aliphatic heterocycles. The largest absolute Gasteiger partial charge is 0.355 e. The molecule has 2 aliphatic rings. The summed E-state index contributed by atoms with van der Waals surface area (Å²) in [4.78, 5) is 37.9. The Bertz CT molecular complexity index is 1540. The van der Waals surface area contributed by atoms with Crippen LogP contribution in [0.1, 0.15) is 41.1 Å². The summed E-state index contributed by atoms with van der Waals surface area (Å²) in [6.07, 6.45) is 5.32. The van der Waals surface area contributed by atoms with E-state index >= 15 is 0 Å². The van der Waals surface area contributed by atoms with Crippen molar-refractivity contribution in [2.45, 2.75) is 37.4 Å². The van der Waals surface area contributed by atoms with E-state index in [0.717, 1.165) is 30.5 Å². The summed E-state index contributed by atoms with van der Waals surface area (Å²) in [6, 6.07) is 15.6. The van der Waals surface area contributed by atoms with Crippen LogP contribution in [0.15, 0.2) is 77.6 Å². The van der Waals surface area contributed by atoms with E-state index in [0.29, 0.717) is 31.9 Å². The van der Waals surface area contributed by atoms with Crippen LogP contribution < -0.4 is 10.6 Å². The molecule has 0 radical (unpaired) electrons. The van der Waals surface area contributed by atoms with Gasteiger partial charge >= 0.3 is 0 Å². The molecule has 6 rings (SSSR count). The van der Waals surface area contributed by atoms with Gasteiger partial charge in [-0.25, -0.2) is 18.7 Å². The summed E-state index contributed by atoms with van der Waals surface area (Å²) in [5.41, 5.74) is 0.455. The van der Waals surface area contributed by atoms with E-state index in [2.05, 4.69) is 30.7 Å². The van der Waals surface area contributed by atoms with Crippen molar-refractivity contribution >= 4 is 11.8 Å². The standard InChI is InChI=1S/C30H28F2N6O3/c31-20-7-8-21(23(32)15-20)26-16-25(37-41-26)28(40)35-24-9-14-38(17-19-5-2-1-3-6-19)18-22(24)27(39)36-30(10-11-30)29-33-12-4-13-34-29/h1-8,12-13,15-16,22,24H,9-11,14,17-18H2,(H,35,40)(H,36,39)/t22-,24-/m0/s1. The second-order valence-corrected chi connectivity index (χ2v) is 10.5. The maximum Gasteiger partial charge on any atom is 0.273 e. The number of carbonyl (C=O) groups excluding carboxylic acids is 2. The number of benzene rings is 2. The van der Waals surface area contributed by atoms with Crippen LogP contribution in [0.5, 0.6) is 0 Å². The summed E-state index contributed by atoms with van der Waals surface area (Å²) in [5, 5.41) is 9.92. The van der Waals surface area contributed by atoms with Gasteiger partial charge in [0.15, 0.2) is 17.3 Å². The Hall–Kier alpha value is -4.51. The predicted octanol–water partition coefficient (Wildman–Crippen LogP) is 3.84. The minimum atomic E-state index is -0.827. The highest BCUT2D eigenvalue weighted by molar-refractivity contribution is 5.94. The van der Waals surface area contributed by atoms with Crippen LogP contribution in [0.25, 0.3) is 11.3 Å². The van der Waals surface area contributed by atoms with Gasteiger partial charge in [0.1, 0.15) is 11.6 Å². The zero-order chi connectivity index (χ0) is 28.4. The van der Waals surface area contributed by atoms with Crippen molar-refractivity contribution in [3.8, 4) is 11.3 Å². The Morgan fingerprint density at radius 3 is 2.54 bits per heavy atom. The van der Waals surface area contributed by atoms with Crippen molar-refractivity contribution in [3.05, 3.63) is 102 Å². The minimum Gasteiger partial charge on any atom is -0.355 e. The third-order valence-corrected chi connectivity index (χ3v) is 7.64. The van der Waals surface area contributed by atoms with Crippen molar-refractivity contribution in [3.63, 3.8) is 0 Å². The third-order valence-electron chi connectivity index (χ3n) is 7.64. The first kappa shape index (κ1) is 26.7. The first-order valence-electron chi connectivity index (χ1n) is 13.5. The fourth-order valence-corrected chi connectivity index (χ4v) is 5.29. The van der Waals surface area contributed by atoms with Gasteiger partial charge in [-0.3, -0.25) is 14.5 Å². The molecule has 1 saturated carbocycles. The van der Waals surface area contributed by atoms with Crippen LogP contribution >= 0.6 is 0 Å². The summed E-state index contributed by atoms with van der Waals surface area (Å²) >= 11 is 0. The van der Waals surface area contributed by atoms with Crippen LogP contribution in [0, 0.1) is 17.6 Å². The van der Waals surface area contributed by atoms with E-state index in [1.807, 2.05) is 30.3 Å². The average molecular weight is 559 g/mol. The molecule has 1 saturated heterocycles. The second kappa shape index (κ2) is 11.2. The zero-order valence-electron chi connectivity index (χ0n) is 22.1. The Balaban J connectivity index is 1.19. The first-order chi connectivity index (χ1) is 19.9. The topological polar surface area (TPSA) is 113 Å². The lowest BCUT2D eigenvalue weighted by atomic mass is 9.90. The van der Waals surface area contributed by atoms with Gasteiger partial charge in [0.05, 0.1) is 17.0 Å². The molecule has 1 aliphatic carbocycles. The molecule has 3 heterocycles. The van der Waals surface area contributed by atoms with E-state index in [9.17, 15) is 18.4 Å². The molecule has 0 spiro atoms. The molecule has 2 aromatic carbocycles. The third kappa shape index (κ3) is 5.85. The Morgan fingerprint density at radius 2 is 1.80 bits per heavy atom. The van der Waals surface area contributed by atoms with Gasteiger partial charge in [0.2, 0.25) is 5.91 Å². The number of likely N-dealkylation sites (tertiary alicyclic amines) is 1. The highest BCUT2D eigenvalue weighted by Gasteiger charge is 2.50. The average Bonchev–Trinajstić information content (AvgIpc) is 3.59. The summed E-state index contributed by atoms with van der Waals surface area (Å²) in [7, 11) is 0. The van der Waals surface area contributed by atoms with E-state index in [-0.39, 0.29) is 22.9 Å². The van der Waals surface area contributed by atoms with E-state index in [4.69, 9.17) is 4.52 Å². The molecule has 9 nitrogen and oxygen atoms in total. The summed E-state index contributed by atoms with van der Waals surface area (Å²) in [5.74, 6) is -2.27. The predicted molar refractivity (Wildman–Crippen MR) is 144 cm³/mol. The smallest absolute Gasteiger partial charge is 0.273 e. The Labute approximate surface area is 235 Å². The molecular weight excluding hydrogens is 530 g/mol. The monoisotopic (exact) mass is 558 g/mol. The van der Waals surface area contributed by atoms with Crippen LogP contribution in [-0.2, 0) is 16.9 Å². The number of carbonyl (C=O) groups is 2. The van der Waals surface area contributed by atoms with Gasteiger partial charge in [0, 0.05) is 50.2 Å². The van der Waals surface area contributed by atoms with Gasteiger partial charge in [-0.2, -0.15) is 0 Å². The van der Waals surface area contributed by atoms with Crippen molar-refractivity contribution in [2.75, 3.05) is 13.1 Å². The molecule has 41 heavy (non-hydrogen) atoms. The highest BCUT2D eigenvalue weighted by Crippen LogP contribution is 2.44. The summed E-state index contributed by atoms with van der Waals surface area (Å²) in [6.45, 7) is 1.78. The molecule has 0 bridgehead atoms. The first-order valence-corrected chi connectivity index (χ1v) is 13.5. The molecule has 2 amide bonds. The van der Waals surface area contributed by atoms with E-state index in [1.54, 1.807) is 18.5 Å². The molecule has 2 fully saturated rings. The molecule has 2 atom stereocenters. The normalized spacial score (nSPS) is 19.9. The molecular formula is C30H28F2N6O3. The number of nitrogens with one attached hydrogen (secondary N) is 2. The Kier molecular flexibility index (Phi) is 7.27. The number of aromatic nitrogens is 3. The summed E-state index contributed by atoms with van der Waals surface area (Å²) < 4.78 is 32.7. The van der Waals surface area contributed by atoms with Crippen LogP contribution in [-0.4, -0.2) is 51.0 Å². The Morgan fingerprint density at radius 1 is 1.02 bits per heavy atom. The van der Waals surface area contributed by atoms with Crippen LogP contribution in [0.4, 0.5) is 8.78 Å². The number of hydrogen-bond acceptors (Lipinski definition) is 7. The highest BCUT2D eigenvalue weighted by atomic mass is 19.1. The lowest BCUT2D eigenvalue weighted by molar-refractivity contribution is -0.128. The van der Waals surface area contributed by atoms with Gasteiger partial charge in [-0.05, 0) is 43.0 Å². The maximum absolute atomic E-state index is 14.2. The van der Waals surface area contributed by atoms with Crippen molar-refractivity contribution in [1.82, 2.24) is 30.7 Å². The number of nitrogens with zero attached hydrogens (tertiary/aromatic N) is 4. The SMILES string of the molecule is O=C(N[C@H]1CCN(Cc2ccccc2)C[C@@H]1C(=O)NC1(c2ncccn2)CC1)c1cc(-c2ccc(F)cc2F)on1. The second-order valence-electron chi connectivity index (χ2n) is 10.5. The van der Waals surface area contributed by atoms with Crippen molar-refractivity contribution in [2.24, 2.45) is 5.92 Å². The van der Waals surface area contributed by atoms with Gasteiger partial charge in [-0.1, -0.05) is 35.5 Å². The molecule has 11 heteroatoms. The van der Waals surface area contributed by atoms with Crippen molar-refractivity contribution < 1.29 is 22.9 Å². The number of amides is 2. The maximum atomic E-state index is 14.2. The number of rotatable bonds is 8. The number of piperidine rings is 1. The zero-order valence-corrected chi connectivity index (χ0v) is 22.1. The van der Waals surface area contributed by atoms with Crippen LogP contribution in [0.3, 0.4) is 0 Å². The lowest BCUT2D eigenvalue weighted by Gasteiger charge is -2.38. The van der Waals surface area contributed by atoms with E-state index < -0.39 is 35.0 Å². The molecule has 0 unspecified atom stereocenters.